The number of hydrogen-bond donors (Lipinski definition) is 0. The van der Waals surface area contributed by atoms with Gasteiger partial charge in [0.05, 0.1) is 6.26 Å². The van der Waals surface area contributed by atoms with E-state index in [4.69, 9.17) is 4.74 Å². The van der Waals surface area contributed by atoms with Gasteiger partial charge in [-0.1, -0.05) is 13.8 Å². The van der Waals surface area contributed by atoms with Crippen molar-refractivity contribution in [2.75, 3.05) is 0 Å². The molecule has 0 saturated heterocycles. The quantitative estimate of drug-likeness (QED) is 0.474. The van der Waals surface area contributed by atoms with E-state index in [1.165, 1.54) is 18.9 Å². The van der Waals surface area contributed by atoms with E-state index in [0.29, 0.717) is 5.92 Å². The molecule has 0 radical (unpaired) electrons. The van der Waals surface area contributed by atoms with Crippen molar-refractivity contribution in [3.63, 3.8) is 0 Å². The predicted octanol–water partition coefficient (Wildman–Crippen LogP) is 2.75. The van der Waals surface area contributed by atoms with Gasteiger partial charge in [-0.25, -0.2) is 0 Å². The summed E-state index contributed by atoms with van der Waals surface area (Å²) in [7, 11) is 0. The molecule has 2 bridgehead atoms. The second-order valence-electron chi connectivity index (χ2n) is 4.81. The third-order valence-electron chi connectivity index (χ3n) is 4.10. The Hall–Kier alpha value is -0.790. The molecule has 0 spiro atoms. The summed E-state index contributed by atoms with van der Waals surface area (Å²) in [5, 5.41) is 0. The molecule has 0 aromatic heterocycles. The number of hydrogen-bond acceptors (Lipinski definition) is 2. The molecule has 78 valence electrons. The lowest BCUT2D eigenvalue weighted by Crippen LogP contribution is -2.44. The van der Waals surface area contributed by atoms with Crippen LogP contribution in [0.4, 0.5) is 0 Å². The smallest absolute Gasteiger partial charge is 0.307 e. The molecule has 0 N–H and O–H groups in total. The van der Waals surface area contributed by atoms with Gasteiger partial charge in [-0.2, -0.15) is 0 Å². The van der Waals surface area contributed by atoms with E-state index in [1.807, 2.05) is 0 Å². The molecule has 4 atom stereocenters. The molecule has 0 aromatic carbocycles. The maximum Gasteiger partial charge on any atom is 0.307 e. The molecule has 3 fully saturated rings. The van der Waals surface area contributed by atoms with Crippen LogP contribution in [0.25, 0.3) is 0 Å². The Labute approximate surface area is 85.3 Å². The molecule has 0 aliphatic heterocycles. The lowest BCUT2D eigenvalue weighted by Gasteiger charge is -2.52. The van der Waals surface area contributed by atoms with E-state index in [1.54, 1.807) is 6.26 Å². The lowest BCUT2D eigenvalue weighted by molar-refractivity contribution is -0.135. The normalized spacial score (nSPS) is 43.2. The van der Waals surface area contributed by atoms with Crippen LogP contribution in [0.2, 0.25) is 0 Å². The number of carbonyl (C=O) groups is 1. The average Bonchev–Trinajstić information content (AvgIpc) is 2.14. The van der Waals surface area contributed by atoms with Crippen LogP contribution in [0.1, 0.15) is 33.6 Å². The third-order valence-corrected chi connectivity index (χ3v) is 4.10. The van der Waals surface area contributed by atoms with Crippen molar-refractivity contribution in [2.24, 2.45) is 23.7 Å². The van der Waals surface area contributed by atoms with E-state index in [9.17, 15) is 4.79 Å². The molecule has 1 unspecified atom stereocenters. The summed E-state index contributed by atoms with van der Waals surface area (Å²) in [6.07, 6.45) is 4.20. The fourth-order valence-corrected chi connectivity index (χ4v) is 2.94. The second kappa shape index (κ2) is 3.41. The second-order valence-corrected chi connectivity index (χ2v) is 4.81. The highest BCUT2D eigenvalue weighted by molar-refractivity contribution is 5.66. The van der Waals surface area contributed by atoms with Gasteiger partial charge in [-0.3, -0.25) is 4.79 Å². The van der Waals surface area contributed by atoms with Crippen LogP contribution in [0.5, 0.6) is 0 Å². The Balaban J connectivity index is 2.02. The first-order valence-corrected chi connectivity index (χ1v) is 5.45. The molecule has 3 aliphatic carbocycles. The van der Waals surface area contributed by atoms with Crippen molar-refractivity contribution < 1.29 is 9.53 Å². The van der Waals surface area contributed by atoms with Crippen LogP contribution in [0.15, 0.2) is 11.8 Å². The zero-order valence-electron chi connectivity index (χ0n) is 9.12. The van der Waals surface area contributed by atoms with Crippen molar-refractivity contribution in [1.29, 1.82) is 0 Å². The van der Waals surface area contributed by atoms with Gasteiger partial charge in [0.25, 0.3) is 0 Å². The largest absolute Gasteiger partial charge is 0.435 e. The van der Waals surface area contributed by atoms with E-state index in [2.05, 4.69) is 13.8 Å². The monoisotopic (exact) mass is 194 g/mol. The number of allylic oxidation sites excluding steroid dienone is 1. The molecule has 3 aliphatic rings. The number of ether oxygens (including phenoxy) is 1. The van der Waals surface area contributed by atoms with Gasteiger partial charge < -0.3 is 4.74 Å². The summed E-state index contributed by atoms with van der Waals surface area (Å²) < 4.78 is 4.95. The molecule has 2 nitrogen and oxygen atoms in total. The predicted molar refractivity (Wildman–Crippen MR) is 54.4 cm³/mol. The van der Waals surface area contributed by atoms with Crippen molar-refractivity contribution in [2.45, 2.75) is 33.6 Å². The van der Waals surface area contributed by atoms with Crippen LogP contribution >= 0.6 is 0 Å². The average molecular weight is 194 g/mol. The first-order chi connectivity index (χ1) is 6.59. The minimum atomic E-state index is -0.211. The molecular formula is C12H18O2. The van der Waals surface area contributed by atoms with E-state index in [-0.39, 0.29) is 5.97 Å². The SMILES string of the molecule is CC(=O)O/C=C1\C[C@H]2C[C@H](C2C)[C@@H]1C. The standard InChI is InChI=1S/C12H18O2/c1-7-10-4-11(6-14-9(3)13)8(2)12(7)5-10/h6-8,10,12H,4-5H2,1-3H3/b11-6+/t7?,8-,10+,12-/m1/s1. The number of carbonyl (C=O) groups excluding carboxylic acids is 1. The number of rotatable bonds is 1. The summed E-state index contributed by atoms with van der Waals surface area (Å²) in [4.78, 5) is 10.7. The van der Waals surface area contributed by atoms with Gasteiger partial charge in [-0.05, 0) is 42.1 Å². The molecule has 2 heteroatoms. The topological polar surface area (TPSA) is 26.3 Å². The molecule has 0 aromatic rings. The highest BCUT2D eigenvalue weighted by atomic mass is 16.5. The summed E-state index contributed by atoms with van der Waals surface area (Å²) in [6.45, 7) is 6.05. The zero-order valence-corrected chi connectivity index (χ0v) is 9.12. The Morgan fingerprint density at radius 1 is 1.50 bits per heavy atom. The van der Waals surface area contributed by atoms with Gasteiger partial charge in [0, 0.05) is 6.92 Å². The zero-order chi connectivity index (χ0) is 10.3. The van der Waals surface area contributed by atoms with Crippen molar-refractivity contribution >= 4 is 5.97 Å². The van der Waals surface area contributed by atoms with Gasteiger partial charge >= 0.3 is 5.97 Å². The van der Waals surface area contributed by atoms with E-state index < -0.39 is 0 Å². The van der Waals surface area contributed by atoms with E-state index in [0.717, 1.165) is 24.2 Å². The van der Waals surface area contributed by atoms with Crippen LogP contribution in [0.3, 0.4) is 0 Å². The minimum Gasteiger partial charge on any atom is -0.435 e. The third kappa shape index (κ3) is 1.47. The first-order valence-electron chi connectivity index (χ1n) is 5.45. The fourth-order valence-electron chi connectivity index (χ4n) is 2.94. The number of fused-ring (bicyclic) bond motifs is 2. The highest BCUT2D eigenvalue weighted by Gasteiger charge is 2.46. The lowest BCUT2D eigenvalue weighted by atomic mass is 9.53. The van der Waals surface area contributed by atoms with Crippen LogP contribution in [0, 0.1) is 23.7 Å². The van der Waals surface area contributed by atoms with Crippen LogP contribution < -0.4 is 0 Å². The highest BCUT2D eigenvalue weighted by Crippen LogP contribution is 2.55. The van der Waals surface area contributed by atoms with Crippen LogP contribution in [-0.4, -0.2) is 5.97 Å². The van der Waals surface area contributed by atoms with Gasteiger partial charge in [-0.15, -0.1) is 0 Å². The molecule has 14 heavy (non-hydrogen) atoms. The molecular weight excluding hydrogens is 176 g/mol. The molecule has 3 saturated carbocycles. The van der Waals surface area contributed by atoms with Gasteiger partial charge in [0.15, 0.2) is 0 Å². The maximum atomic E-state index is 10.7. The Bertz CT molecular complexity index is 280. The summed E-state index contributed by atoms with van der Waals surface area (Å²) in [6, 6.07) is 0. The summed E-state index contributed by atoms with van der Waals surface area (Å²) in [5.74, 6) is 2.94. The van der Waals surface area contributed by atoms with Crippen molar-refractivity contribution in [3.05, 3.63) is 11.8 Å². The van der Waals surface area contributed by atoms with Crippen molar-refractivity contribution in [1.82, 2.24) is 0 Å². The van der Waals surface area contributed by atoms with E-state index >= 15 is 0 Å². The Morgan fingerprint density at radius 2 is 2.21 bits per heavy atom. The molecule has 3 rings (SSSR count). The van der Waals surface area contributed by atoms with Gasteiger partial charge in [0.1, 0.15) is 0 Å². The Kier molecular flexibility index (Phi) is 2.38. The first kappa shape index (κ1) is 9.75. The fraction of sp³-hybridized carbons (Fsp3) is 0.750. The maximum absolute atomic E-state index is 10.7. The van der Waals surface area contributed by atoms with Crippen LogP contribution in [-0.2, 0) is 9.53 Å². The van der Waals surface area contributed by atoms with Crippen molar-refractivity contribution in [3.8, 4) is 0 Å². The number of esters is 1. The Morgan fingerprint density at radius 3 is 2.71 bits per heavy atom. The summed E-state index contributed by atoms with van der Waals surface area (Å²) >= 11 is 0. The summed E-state index contributed by atoms with van der Waals surface area (Å²) in [5.41, 5.74) is 1.33. The van der Waals surface area contributed by atoms with Gasteiger partial charge in [0.2, 0.25) is 0 Å². The minimum absolute atomic E-state index is 0.211. The molecule has 0 heterocycles. The molecule has 0 amide bonds.